The Kier molecular flexibility index (Phi) is 6.83. The van der Waals surface area contributed by atoms with Gasteiger partial charge in [0, 0.05) is 22.8 Å². The van der Waals surface area contributed by atoms with Gasteiger partial charge in [0.1, 0.15) is 0 Å². The molecule has 0 fully saturated rings. The van der Waals surface area contributed by atoms with Gasteiger partial charge in [-0.15, -0.1) is 10.2 Å². The minimum atomic E-state index is -0.536. The van der Waals surface area contributed by atoms with Crippen LogP contribution in [-0.4, -0.2) is 37.7 Å². The van der Waals surface area contributed by atoms with Gasteiger partial charge >= 0.3 is 0 Å². The van der Waals surface area contributed by atoms with E-state index in [1.807, 2.05) is 0 Å². The molecule has 154 valence electrons. The van der Waals surface area contributed by atoms with Crippen molar-refractivity contribution in [1.82, 2.24) is 14.9 Å². The molecule has 0 bridgehead atoms. The number of hydrogen-bond acceptors (Lipinski definition) is 9. The number of aromatic nitrogens is 3. The van der Waals surface area contributed by atoms with E-state index in [1.54, 1.807) is 36.5 Å². The molecule has 3 aromatic rings. The number of halogens is 1. The lowest BCUT2D eigenvalue weighted by Crippen LogP contribution is -2.17. The monoisotopic (exact) mass is 446 g/mol. The Morgan fingerprint density at radius 1 is 1.30 bits per heavy atom. The zero-order valence-corrected chi connectivity index (χ0v) is 16.8. The quantitative estimate of drug-likeness (QED) is 0.157. The van der Waals surface area contributed by atoms with E-state index in [0.717, 1.165) is 22.0 Å². The summed E-state index contributed by atoms with van der Waals surface area (Å²) in [7, 11) is 0. The maximum absolute atomic E-state index is 12.1. The third-order valence-corrected chi connectivity index (χ3v) is 4.78. The third-order valence-electron chi connectivity index (χ3n) is 3.59. The number of nitro benzene ring substituents is 1. The second-order valence-electron chi connectivity index (χ2n) is 5.74. The Morgan fingerprint density at radius 2 is 2.07 bits per heavy atom. The lowest BCUT2D eigenvalue weighted by atomic mass is 10.2. The molecule has 0 unspecified atom stereocenters. The number of anilines is 2. The van der Waals surface area contributed by atoms with E-state index >= 15 is 0 Å². The molecule has 0 radical (unpaired) electrons. The molecule has 1 heterocycles. The number of nitrogen functional groups attached to an aromatic ring is 1. The SMILES string of the molecule is Nn1c(N/N=C/c2ccc(Cl)cc2)nnc1SCC(=O)Nc1cccc([N+](=O)[O-])c1. The van der Waals surface area contributed by atoms with Crippen molar-refractivity contribution in [1.29, 1.82) is 0 Å². The summed E-state index contributed by atoms with van der Waals surface area (Å²) in [5.74, 6) is 5.69. The summed E-state index contributed by atoms with van der Waals surface area (Å²) in [6.07, 6.45) is 1.56. The summed E-state index contributed by atoms with van der Waals surface area (Å²) in [5, 5.41) is 26.1. The summed E-state index contributed by atoms with van der Waals surface area (Å²) < 4.78 is 1.16. The van der Waals surface area contributed by atoms with E-state index in [4.69, 9.17) is 17.4 Å². The predicted molar refractivity (Wildman–Crippen MR) is 115 cm³/mol. The van der Waals surface area contributed by atoms with Gasteiger partial charge in [0.25, 0.3) is 11.6 Å². The summed E-state index contributed by atoms with van der Waals surface area (Å²) in [4.78, 5) is 22.3. The molecule has 0 aliphatic heterocycles. The van der Waals surface area contributed by atoms with Crippen molar-refractivity contribution in [3.8, 4) is 0 Å². The molecule has 0 saturated carbocycles. The summed E-state index contributed by atoms with van der Waals surface area (Å²) in [6, 6.07) is 12.7. The minimum Gasteiger partial charge on any atom is -0.334 e. The second-order valence-corrected chi connectivity index (χ2v) is 7.12. The Balaban J connectivity index is 1.53. The van der Waals surface area contributed by atoms with Crippen LogP contribution in [0.3, 0.4) is 0 Å². The second kappa shape index (κ2) is 9.71. The molecular weight excluding hydrogens is 432 g/mol. The number of thioether (sulfide) groups is 1. The number of nitrogens with zero attached hydrogens (tertiary/aromatic N) is 5. The number of nitro groups is 1. The molecule has 3 rings (SSSR count). The number of amides is 1. The maximum Gasteiger partial charge on any atom is 0.271 e. The molecule has 0 aliphatic carbocycles. The average Bonchev–Trinajstić information content (AvgIpc) is 3.08. The van der Waals surface area contributed by atoms with Crippen molar-refractivity contribution in [2.45, 2.75) is 5.16 Å². The highest BCUT2D eigenvalue weighted by molar-refractivity contribution is 7.99. The molecule has 2 aromatic carbocycles. The van der Waals surface area contributed by atoms with Crippen LogP contribution in [0.5, 0.6) is 0 Å². The van der Waals surface area contributed by atoms with E-state index in [1.165, 1.54) is 18.2 Å². The van der Waals surface area contributed by atoms with Gasteiger partial charge in [-0.05, 0) is 23.8 Å². The normalized spacial score (nSPS) is 10.8. The topological polar surface area (TPSA) is 153 Å². The van der Waals surface area contributed by atoms with E-state index in [-0.39, 0.29) is 28.5 Å². The van der Waals surface area contributed by atoms with Crippen molar-refractivity contribution < 1.29 is 9.72 Å². The predicted octanol–water partition coefficient (Wildman–Crippen LogP) is 2.73. The van der Waals surface area contributed by atoms with Gasteiger partial charge in [0.05, 0.1) is 16.9 Å². The van der Waals surface area contributed by atoms with Crippen LogP contribution in [0, 0.1) is 10.1 Å². The van der Waals surface area contributed by atoms with Gasteiger partial charge < -0.3 is 11.2 Å². The number of hydrogen-bond donors (Lipinski definition) is 3. The first-order valence-electron chi connectivity index (χ1n) is 8.34. The molecule has 0 saturated heterocycles. The van der Waals surface area contributed by atoms with Gasteiger partial charge in [-0.25, -0.2) is 10.1 Å². The van der Waals surface area contributed by atoms with Crippen LogP contribution in [-0.2, 0) is 4.79 Å². The average molecular weight is 447 g/mol. The first-order valence-corrected chi connectivity index (χ1v) is 9.71. The number of nitrogens with one attached hydrogen (secondary N) is 2. The number of hydrazone groups is 1. The highest BCUT2D eigenvalue weighted by Crippen LogP contribution is 2.19. The molecule has 0 aliphatic rings. The van der Waals surface area contributed by atoms with Crippen molar-refractivity contribution >= 4 is 52.8 Å². The Hall–Kier alpha value is -3.64. The van der Waals surface area contributed by atoms with Gasteiger partial charge in [0.2, 0.25) is 11.1 Å². The highest BCUT2D eigenvalue weighted by Gasteiger charge is 2.13. The van der Waals surface area contributed by atoms with Gasteiger partial charge in [-0.3, -0.25) is 14.9 Å². The van der Waals surface area contributed by atoms with Crippen LogP contribution >= 0.6 is 23.4 Å². The lowest BCUT2D eigenvalue weighted by molar-refractivity contribution is -0.384. The third kappa shape index (κ3) is 5.68. The minimum absolute atomic E-state index is 0.0218. The molecule has 1 amide bonds. The highest BCUT2D eigenvalue weighted by atomic mass is 35.5. The standard InChI is InChI=1S/C17H15ClN8O3S/c18-12-6-4-11(5-7-12)9-20-22-16-23-24-17(25(16)19)30-10-15(27)21-13-2-1-3-14(8-13)26(28)29/h1-9H,10,19H2,(H,21,27)(H,22,23)/b20-9+. The summed E-state index contributed by atoms with van der Waals surface area (Å²) >= 11 is 6.87. The number of carbonyl (C=O) groups excluding carboxylic acids is 1. The van der Waals surface area contributed by atoms with Crippen LogP contribution in [0.1, 0.15) is 5.56 Å². The zero-order chi connectivity index (χ0) is 21.5. The van der Waals surface area contributed by atoms with Crippen LogP contribution in [0.25, 0.3) is 0 Å². The van der Waals surface area contributed by atoms with Gasteiger partial charge in [-0.1, -0.05) is 41.6 Å². The fourth-order valence-electron chi connectivity index (χ4n) is 2.19. The van der Waals surface area contributed by atoms with Crippen LogP contribution < -0.4 is 16.6 Å². The van der Waals surface area contributed by atoms with Crippen molar-refractivity contribution in [3.63, 3.8) is 0 Å². The smallest absolute Gasteiger partial charge is 0.271 e. The molecular formula is C17H15ClN8O3S. The molecule has 0 atom stereocenters. The molecule has 1 aromatic heterocycles. The lowest BCUT2D eigenvalue weighted by Gasteiger charge is -2.05. The van der Waals surface area contributed by atoms with Crippen molar-refractivity contribution in [2.75, 3.05) is 22.3 Å². The Morgan fingerprint density at radius 3 is 2.80 bits per heavy atom. The maximum atomic E-state index is 12.1. The van der Waals surface area contributed by atoms with Crippen LogP contribution in [0.4, 0.5) is 17.3 Å². The number of rotatable bonds is 8. The molecule has 4 N–H and O–H groups in total. The zero-order valence-electron chi connectivity index (χ0n) is 15.2. The number of nitrogens with two attached hydrogens (primary N) is 1. The number of benzene rings is 2. The number of non-ortho nitro benzene ring substituents is 1. The van der Waals surface area contributed by atoms with Crippen molar-refractivity contribution in [3.05, 3.63) is 69.2 Å². The van der Waals surface area contributed by atoms with E-state index < -0.39 is 4.92 Å². The molecule has 11 nitrogen and oxygen atoms in total. The fourth-order valence-corrected chi connectivity index (χ4v) is 2.97. The van der Waals surface area contributed by atoms with E-state index in [9.17, 15) is 14.9 Å². The molecule has 0 spiro atoms. The first-order chi connectivity index (χ1) is 14.4. The molecule has 13 heteroatoms. The summed E-state index contributed by atoms with van der Waals surface area (Å²) in [5.41, 5.74) is 3.69. The van der Waals surface area contributed by atoms with Crippen LogP contribution in [0.15, 0.2) is 58.8 Å². The Labute approximate surface area is 179 Å². The first kappa shape index (κ1) is 21.1. The van der Waals surface area contributed by atoms with Gasteiger partial charge in [0.15, 0.2) is 0 Å². The molecule has 30 heavy (non-hydrogen) atoms. The number of carbonyl (C=O) groups is 1. The fraction of sp³-hybridized carbons (Fsp3) is 0.0588. The Bertz CT molecular complexity index is 1090. The van der Waals surface area contributed by atoms with Crippen molar-refractivity contribution in [2.24, 2.45) is 5.10 Å². The van der Waals surface area contributed by atoms with Crippen LogP contribution in [0.2, 0.25) is 5.02 Å². The summed E-state index contributed by atoms with van der Waals surface area (Å²) in [6.45, 7) is 0. The largest absolute Gasteiger partial charge is 0.334 e. The van der Waals surface area contributed by atoms with E-state index in [2.05, 4.69) is 26.0 Å². The van der Waals surface area contributed by atoms with Gasteiger partial charge in [-0.2, -0.15) is 5.10 Å². The van der Waals surface area contributed by atoms with E-state index in [0.29, 0.717) is 10.7 Å².